The Bertz CT molecular complexity index is 592. The Morgan fingerprint density at radius 1 is 1.30 bits per heavy atom. The lowest BCUT2D eigenvalue weighted by Gasteiger charge is -2.13. The lowest BCUT2D eigenvalue weighted by atomic mass is 10.1. The summed E-state index contributed by atoms with van der Waals surface area (Å²) in [5.74, 6) is 0.0203. The van der Waals surface area contributed by atoms with E-state index in [0.717, 1.165) is 9.37 Å². The molecule has 0 spiro atoms. The van der Waals surface area contributed by atoms with Gasteiger partial charge in [-0.1, -0.05) is 34.1 Å². The van der Waals surface area contributed by atoms with Crippen molar-refractivity contribution >= 4 is 27.7 Å². The van der Waals surface area contributed by atoms with E-state index in [4.69, 9.17) is 4.74 Å². The van der Waals surface area contributed by atoms with Crippen molar-refractivity contribution in [3.8, 4) is 5.75 Å². The number of methoxy groups -OCH3 is 1. The van der Waals surface area contributed by atoms with E-state index in [2.05, 4.69) is 15.9 Å². The number of hydrogen-bond acceptors (Lipinski definition) is 3. The molecule has 0 aromatic heterocycles. The fourth-order valence-electron chi connectivity index (χ4n) is 1.76. The van der Waals surface area contributed by atoms with E-state index in [-0.39, 0.29) is 11.3 Å². The summed E-state index contributed by atoms with van der Waals surface area (Å²) in [6, 6.07) is 12.5. The molecule has 106 valence electrons. The highest BCUT2D eigenvalue weighted by atomic mass is 79.9. The Morgan fingerprint density at radius 3 is 2.75 bits per heavy atom. The van der Waals surface area contributed by atoms with Crippen molar-refractivity contribution in [2.45, 2.75) is 11.0 Å². The maximum atomic E-state index is 14.0. The summed E-state index contributed by atoms with van der Waals surface area (Å²) >= 11 is 4.86. The second kappa shape index (κ2) is 7.11. The highest BCUT2D eigenvalue weighted by Gasteiger charge is 2.16. The third-order valence-corrected chi connectivity index (χ3v) is 4.34. The van der Waals surface area contributed by atoms with Crippen LogP contribution in [0.25, 0.3) is 0 Å². The molecule has 2 nitrogen and oxygen atoms in total. The van der Waals surface area contributed by atoms with Gasteiger partial charge in [0.2, 0.25) is 0 Å². The van der Waals surface area contributed by atoms with E-state index in [0.29, 0.717) is 5.75 Å². The number of halogens is 2. The van der Waals surface area contributed by atoms with Crippen LogP contribution in [0, 0.1) is 5.82 Å². The minimum Gasteiger partial charge on any atom is -0.494 e. The standard InChI is InChI=1S/C15H14BrFO2S/c1-19-14-7-3-6-12(15(14)17)13(18)9-20-11-5-2-4-10(16)8-11/h2-8,13,18H,9H2,1H3. The van der Waals surface area contributed by atoms with Crippen LogP contribution >= 0.6 is 27.7 Å². The summed E-state index contributed by atoms with van der Waals surface area (Å²) in [6.07, 6.45) is -0.880. The van der Waals surface area contributed by atoms with Gasteiger partial charge < -0.3 is 9.84 Å². The van der Waals surface area contributed by atoms with Gasteiger partial charge >= 0.3 is 0 Å². The summed E-state index contributed by atoms with van der Waals surface area (Å²) in [5, 5.41) is 10.1. The molecule has 0 radical (unpaired) electrons. The predicted molar refractivity (Wildman–Crippen MR) is 82.8 cm³/mol. The van der Waals surface area contributed by atoms with Gasteiger partial charge in [0.25, 0.3) is 0 Å². The Morgan fingerprint density at radius 2 is 2.05 bits per heavy atom. The predicted octanol–water partition coefficient (Wildman–Crippen LogP) is 4.42. The number of aliphatic hydroxyl groups is 1. The summed E-state index contributed by atoms with van der Waals surface area (Å²) < 4.78 is 19.9. The minimum absolute atomic E-state index is 0.147. The molecule has 20 heavy (non-hydrogen) atoms. The van der Waals surface area contributed by atoms with Crippen LogP contribution in [-0.2, 0) is 0 Å². The normalized spacial score (nSPS) is 12.2. The monoisotopic (exact) mass is 356 g/mol. The fourth-order valence-corrected chi connectivity index (χ4v) is 3.23. The molecule has 0 amide bonds. The number of hydrogen-bond donors (Lipinski definition) is 1. The first-order chi connectivity index (χ1) is 9.61. The SMILES string of the molecule is COc1cccc(C(O)CSc2cccc(Br)c2)c1F. The van der Waals surface area contributed by atoms with E-state index in [1.54, 1.807) is 12.1 Å². The smallest absolute Gasteiger partial charge is 0.170 e. The van der Waals surface area contributed by atoms with E-state index in [1.807, 2.05) is 24.3 Å². The molecule has 0 bridgehead atoms. The zero-order valence-corrected chi connectivity index (χ0v) is 13.2. The van der Waals surface area contributed by atoms with Crippen LogP contribution in [0.3, 0.4) is 0 Å². The van der Waals surface area contributed by atoms with Crippen molar-refractivity contribution < 1.29 is 14.2 Å². The number of ether oxygens (including phenoxy) is 1. The molecule has 0 aliphatic rings. The molecular formula is C15H14BrFO2S. The molecule has 0 saturated carbocycles. The number of aliphatic hydroxyl groups excluding tert-OH is 1. The van der Waals surface area contributed by atoms with Gasteiger partial charge in [-0.3, -0.25) is 0 Å². The van der Waals surface area contributed by atoms with E-state index < -0.39 is 11.9 Å². The Hall–Kier alpha value is -1.04. The summed E-state index contributed by atoms with van der Waals surface area (Å²) in [6.45, 7) is 0. The molecule has 2 aromatic carbocycles. The molecule has 2 aromatic rings. The molecule has 5 heteroatoms. The van der Waals surface area contributed by atoms with Crippen LogP contribution in [0.4, 0.5) is 4.39 Å². The van der Waals surface area contributed by atoms with Crippen LogP contribution in [0.5, 0.6) is 5.75 Å². The van der Waals surface area contributed by atoms with Gasteiger partial charge in [-0.25, -0.2) is 4.39 Å². The second-order valence-electron chi connectivity index (χ2n) is 4.15. The first-order valence-electron chi connectivity index (χ1n) is 6.00. The Kier molecular flexibility index (Phi) is 5.46. The quantitative estimate of drug-likeness (QED) is 0.804. The number of rotatable bonds is 5. The molecular weight excluding hydrogens is 343 g/mol. The zero-order valence-electron chi connectivity index (χ0n) is 10.8. The molecule has 0 fully saturated rings. The summed E-state index contributed by atoms with van der Waals surface area (Å²) in [5.41, 5.74) is 0.256. The van der Waals surface area contributed by atoms with Crippen LogP contribution in [0.2, 0.25) is 0 Å². The zero-order chi connectivity index (χ0) is 14.5. The highest BCUT2D eigenvalue weighted by molar-refractivity contribution is 9.10. The van der Waals surface area contributed by atoms with Crippen LogP contribution in [0.1, 0.15) is 11.7 Å². The molecule has 1 unspecified atom stereocenters. The van der Waals surface area contributed by atoms with Gasteiger partial charge in [0, 0.05) is 20.7 Å². The maximum absolute atomic E-state index is 14.0. The van der Waals surface area contributed by atoms with Crippen molar-refractivity contribution in [2.24, 2.45) is 0 Å². The molecule has 1 atom stereocenters. The van der Waals surface area contributed by atoms with Crippen LogP contribution in [0.15, 0.2) is 51.8 Å². The molecule has 1 N–H and O–H groups in total. The third-order valence-electron chi connectivity index (χ3n) is 2.78. The minimum atomic E-state index is -0.880. The topological polar surface area (TPSA) is 29.5 Å². The highest BCUT2D eigenvalue weighted by Crippen LogP contribution is 2.30. The van der Waals surface area contributed by atoms with Gasteiger partial charge in [0.15, 0.2) is 11.6 Å². The summed E-state index contributed by atoms with van der Waals surface area (Å²) in [4.78, 5) is 1.02. The second-order valence-corrected chi connectivity index (χ2v) is 6.16. The van der Waals surface area contributed by atoms with Gasteiger partial charge in [0.05, 0.1) is 13.2 Å². The van der Waals surface area contributed by atoms with Crippen LogP contribution < -0.4 is 4.74 Å². The molecule has 0 saturated heterocycles. The van der Waals surface area contributed by atoms with Crippen molar-refractivity contribution in [1.82, 2.24) is 0 Å². The van der Waals surface area contributed by atoms with Crippen molar-refractivity contribution in [3.05, 3.63) is 58.3 Å². The molecule has 0 aliphatic heterocycles. The third kappa shape index (κ3) is 3.75. The van der Waals surface area contributed by atoms with Gasteiger partial charge in [-0.05, 0) is 24.3 Å². The molecule has 0 heterocycles. The first kappa shape index (κ1) is 15.4. The first-order valence-corrected chi connectivity index (χ1v) is 7.78. The van der Waals surface area contributed by atoms with Gasteiger partial charge in [-0.15, -0.1) is 11.8 Å². The van der Waals surface area contributed by atoms with Crippen LogP contribution in [-0.4, -0.2) is 18.0 Å². The van der Waals surface area contributed by atoms with Gasteiger partial charge in [-0.2, -0.15) is 0 Å². The lowest BCUT2D eigenvalue weighted by molar-refractivity contribution is 0.197. The van der Waals surface area contributed by atoms with Crippen molar-refractivity contribution in [3.63, 3.8) is 0 Å². The Labute approximate surface area is 130 Å². The average Bonchev–Trinajstić information content (AvgIpc) is 2.45. The number of thioether (sulfide) groups is 1. The van der Waals surface area contributed by atoms with E-state index in [1.165, 1.54) is 24.9 Å². The van der Waals surface area contributed by atoms with Crippen molar-refractivity contribution in [2.75, 3.05) is 12.9 Å². The van der Waals surface area contributed by atoms with E-state index in [9.17, 15) is 9.50 Å². The molecule has 2 rings (SSSR count). The summed E-state index contributed by atoms with van der Waals surface area (Å²) in [7, 11) is 1.41. The molecule has 0 aliphatic carbocycles. The maximum Gasteiger partial charge on any atom is 0.170 e. The Balaban J connectivity index is 2.07. The van der Waals surface area contributed by atoms with Gasteiger partial charge in [0.1, 0.15) is 0 Å². The lowest BCUT2D eigenvalue weighted by Crippen LogP contribution is -2.04. The fraction of sp³-hybridized carbons (Fsp3) is 0.200. The van der Waals surface area contributed by atoms with Crippen molar-refractivity contribution in [1.29, 1.82) is 0 Å². The largest absolute Gasteiger partial charge is 0.494 e. The average molecular weight is 357 g/mol. The van der Waals surface area contributed by atoms with E-state index >= 15 is 0 Å². The number of benzene rings is 2.